The lowest BCUT2D eigenvalue weighted by atomic mass is 9.68. The summed E-state index contributed by atoms with van der Waals surface area (Å²) in [5, 5.41) is 3.59. The summed E-state index contributed by atoms with van der Waals surface area (Å²) in [7, 11) is 0. The third-order valence-corrected chi connectivity index (χ3v) is 13.8. The van der Waals surface area contributed by atoms with Crippen LogP contribution in [0.4, 0.5) is 0 Å². The molecule has 0 unspecified atom stereocenters. The van der Waals surface area contributed by atoms with Gasteiger partial charge in [0.2, 0.25) is 0 Å². The molecule has 0 radical (unpaired) electrons. The number of benzene rings is 7. The molecule has 56 heavy (non-hydrogen) atoms. The molecule has 0 N–H and O–H groups in total. The normalized spacial score (nSPS) is 14.6. The molecule has 0 amide bonds. The highest BCUT2D eigenvalue weighted by Gasteiger charge is 2.44. The molecule has 10 aromatic rings. The minimum absolute atomic E-state index is 0.121. The van der Waals surface area contributed by atoms with Gasteiger partial charge in [0, 0.05) is 43.1 Å². The van der Waals surface area contributed by atoms with Crippen molar-refractivity contribution in [1.29, 1.82) is 0 Å². The van der Waals surface area contributed by atoms with Gasteiger partial charge >= 0.3 is 0 Å². The molecule has 0 aliphatic heterocycles. The summed E-state index contributed by atoms with van der Waals surface area (Å²) >= 11 is 1.77. The molecule has 4 heteroatoms. The number of nitrogens with zero attached hydrogens (tertiary/aromatic N) is 3. The Kier molecular flexibility index (Phi) is 7.03. The van der Waals surface area contributed by atoms with Crippen LogP contribution in [-0.2, 0) is 5.41 Å². The van der Waals surface area contributed by atoms with E-state index in [4.69, 9.17) is 9.97 Å². The Balaban J connectivity index is 1.10. The summed E-state index contributed by atoms with van der Waals surface area (Å²) < 4.78 is 4.76. The molecular weight excluding hydrogens is 699 g/mol. The quantitative estimate of drug-likeness (QED) is 0.180. The van der Waals surface area contributed by atoms with E-state index in [1.165, 1.54) is 97.4 Å². The summed E-state index contributed by atoms with van der Waals surface area (Å²) in [5.74, 6) is 0.744. The number of rotatable bonds is 4. The van der Waals surface area contributed by atoms with Crippen molar-refractivity contribution in [3.05, 3.63) is 175 Å². The molecule has 7 aromatic carbocycles. The molecule has 0 saturated heterocycles. The Morgan fingerprint density at radius 2 is 1.16 bits per heavy atom. The van der Waals surface area contributed by atoms with Crippen molar-refractivity contribution in [3.8, 4) is 50.6 Å². The van der Waals surface area contributed by atoms with E-state index < -0.39 is 0 Å². The van der Waals surface area contributed by atoms with Crippen molar-refractivity contribution >= 4 is 53.4 Å². The van der Waals surface area contributed by atoms with Crippen molar-refractivity contribution in [1.82, 2.24) is 14.5 Å². The Hall–Kier alpha value is -6.36. The highest BCUT2D eigenvalue weighted by molar-refractivity contribution is 7.26. The zero-order valence-electron chi connectivity index (χ0n) is 30.9. The van der Waals surface area contributed by atoms with Crippen LogP contribution in [0.15, 0.2) is 164 Å². The maximum atomic E-state index is 5.35. The molecule has 3 heterocycles. The van der Waals surface area contributed by atoms with Crippen LogP contribution in [0.25, 0.3) is 92.7 Å². The largest absolute Gasteiger partial charge is 0.309 e. The Bertz CT molecular complexity index is 3170. The lowest BCUT2D eigenvalue weighted by Crippen LogP contribution is -2.27. The van der Waals surface area contributed by atoms with Crippen LogP contribution in [0.2, 0.25) is 0 Å². The molecular formula is C52H37N3S. The molecule has 1 fully saturated rings. The molecule has 2 aliphatic carbocycles. The molecule has 3 nitrogen and oxygen atoms in total. The lowest BCUT2D eigenvalue weighted by Gasteiger charge is -2.36. The highest BCUT2D eigenvalue weighted by Crippen LogP contribution is 2.58. The van der Waals surface area contributed by atoms with Crippen LogP contribution in [-0.4, -0.2) is 14.5 Å². The fourth-order valence-corrected chi connectivity index (χ4v) is 11.3. The van der Waals surface area contributed by atoms with Crippen LogP contribution in [0.1, 0.15) is 43.2 Å². The van der Waals surface area contributed by atoms with Gasteiger partial charge in [-0.15, -0.1) is 11.3 Å². The van der Waals surface area contributed by atoms with Gasteiger partial charge in [0.15, 0.2) is 5.82 Å². The maximum absolute atomic E-state index is 5.35. The van der Waals surface area contributed by atoms with E-state index in [-0.39, 0.29) is 5.41 Å². The first-order valence-electron chi connectivity index (χ1n) is 19.9. The molecule has 0 atom stereocenters. The van der Waals surface area contributed by atoms with Crippen molar-refractivity contribution in [2.24, 2.45) is 0 Å². The Morgan fingerprint density at radius 3 is 1.98 bits per heavy atom. The summed E-state index contributed by atoms with van der Waals surface area (Å²) in [6.45, 7) is 0. The smallest absolute Gasteiger partial charge is 0.160 e. The molecule has 266 valence electrons. The van der Waals surface area contributed by atoms with Gasteiger partial charge in [0.1, 0.15) is 0 Å². The van der Waals surface area contributed by atoms with Crippen LogP contribution in [0, 0.1) is 0 Å². The predicted molar refractivity (Wildman–Crippen MR) is 235 cm³/mol. The second kappa shape index (κ2) is 12.3. The van der Waals surface area contributed by atoms with E-state index in [9.17, 15) is 0 Å². The summed E-state index contributed by atoms with van der Waals surface area (Å²) in [6, 6.07) is 60.1. The van der Waals surface area contributed by atoms with E-state index in [2.05, 4.69) is 168 Å². The number of para-hydroxylation sites is 1. The van der Waals surface area contributed by atoms with Crippen molar-refractivity contribution in [2.45, 2.75) is 37.5 Å². The molecule has 1 spiro atoms. The van der Waals surface area contributed by atoms with Gasteiger partial charge in [-0.2, -0.15) is 0 Å². The van der Waals surface area contributed by atoms with Crippen molar-refractivity contribution in [2.75, 3.05) is 0 Å². The number of thiophene rings is 1. The first-order chi connectivity index (χ1) is 27.7. The van der Waals surface area contributed by atoms with Gasteiger partial charge in [-0.1, -0.05) is 135 Å². The van der Waals surface area contributed by atoms with E-state index in [1.807, 2.05) is 0 Å². The number of aromatic nitrogens is 3. The minimum Gasteiger partial charge on any atom is -0.309 e. The first kappa shape index (κ1) is 31.9. The van der Waals surface area contributed by atoms with E-state index in [0.717, 1.165) is 38.5 Å². The number of hydrogen-bond donors (Lipinski definition) is 0. The fraction of sp³-hybridized carbons (Fsp3) is 0.115. The summed E-state index contributed by atoms with van der Waals surface area (Å²) in [6.07, 6.45) is 6.37. The second-order valence-corrected chi connectivity index (χ2v) is 16.6. The van der Waals surface area contributed by atoms with Crippen molar-refractivity contribution in [3.63, 3.8) is 0 Å². The zero-order valence-corrected chi connectivity index (χ0v) is 31.7. The van der Waals surface area contributed by atoms with Gasteiger partial charge in [0.25, 0.3) is 0 Å². The molecule has 0 bridgehead atoms. The zero-order chi connectivity index (χ0) is 36.8. The van der Waals surface area contributed by atoms with Gasteiger partial charge in [-0.05, 0) is 94.8 Å². The van der Waals surface area contributed by atoms with E-state index >= 15 is 0 Å². The number of fused-ring (bicyclic) bond motifs is 11. The highest BCUT2D eigenvalue weighted by atomic mass is 32.1. The van der Waals surface area contributed by atoms with Gasteiger partial charge in [0.05, 0.1) is 26.9 Å². The molecule has 3 aromatic heterocycles. The fourth-order valence-electron chi connectivity index (χ4n) is 10.1. The van der Waals surface area contributed by atoms with Gasteiger partial charge < -0.3 is 4.57 Å². The van der Waals surface area contributed by atoms with Crippen LogP contribution in [0.3, 0.4) is 0 Å². The monoisotopic (exact) mass is 735 g/mol. The second-order valence-electron chi connectivity index (χ2n) is 15.6. The van der Waals surface area contributed by atoms with Gasteiger partial charge in [-0.25, -0.2) is 9.97 Å². The lowest BCUT2D eigenvalue weighted by molar-refractivity contribution is 0.353. The molecule has 1 saturated carbocycles. The standard InChI is InChI=1S/C52H37N3S/c1-4-15-33(16-5-1)48-50-49(39-20-9-11-24-46(39)56-50)54-51(53-48)35-26-28-45-41(32-35)40-31-34(25-27-44(40)55(45)36-17-6-2-7-18-36)37-21-14-23-43-47(37)38-19-8-10-22-42(38)52(43)29-12-3-13-30-52/h1-2,4-11,14-28,31-32H,3,12-13,29-30H2. The molecule has 12 rings (SSSR count). The van der Waals surface area contributed by atoms with Gasteiger partial charge in [-0.3, -0.25) is 0 Å². The maximum Gasteiger partial charge on any atom is 0.160 e. The third-order valence-electron chi connectivity index (χ3n) is 12.6. The third kappa shape index (κ3) is 4.63. The average molecular weight is 736 g/mol. The van der Waals surface area contributed by atoms with Crippen molar-refractivity contribution < 1.29 is 0 Å². The predicted octanol–water partition coefficient (Wildman–Crippen LogP) is 14.2. The van der Waals surface area contributed by atoms with Crippen LogP contribution < -0.4 is 0 Å². The van der Waals surface area contributed by atoms with Crippen LogP contribution in [0.5, 0.6) is 0 Å². The number of hydrogen-bond acceptors (Lipinski definition) is 3. The van der Waals surface area contributed by atoms with E-state index in [1.54, 1.807) is 11.3 Å². The average Bonchev–Trinajstić information content (AvgIpc) is 3.90. The Morgan fingerprint density at radius 1 is 0.500 bits per heavy atom. The van der Waals surface area contributed by atoms with Crippen LogP contribution >= 0.6 is 11.3 Å². The van der Waals surface area contributed by atoms with E-state index in [0.29, 0.717) is 0 Å². The Labute approximate surface area is 329 Å². The SMILES string of the molecule is c1ccc(-c2nc(-c3ccc4c(c3)c3cc(-c5cccc6c5-c5ccccc5C65CCCCC5)ccc3n4-c3ccccc3)nc3c2sc2ccccc23)cc1. The topological polar surface area (TPSA) is 30.7 Å². The first-order valence-corrected chi connectivity index (χ1v) is 20.7. The summed E-state index contributed by atoms with van der Waals surface area (Å²) in [5.41, 5.74) is 16.2. The summed E-state index contributed by atoms with van der Waals surface area (Å²) in [4.78, 5) is 10.7. The molecule has 2 aliphatic rings. The minimum atomic E-state index is 0.121.